The number of likely N-dealkylation sites (tertiary alicyclic amines) is 2. The van der Waals surface area contributed by atoms with E-state index in [-0.39, 0.29) is 24.3 Å². The molecule has 208 valence electrons. The van der Waals surface area contributed by atoms with Crippen LogP contribution in [0, 0.1) is 11.3 Å². The molecule has 39 heavy (non-hydrogen) atoms. The van der Waals surface area contributed by atoms with Crippen LogP contribution in [-0.4, -0.2) is 71.4 Å². The summed E-state index contributed by atoms with van der Waals surface area (Å²) in [6.07, 6.45) is 3.47. The van der Waals surface area contributed by atoms with Gasteiger partial charge in [-0.3, -0.25) is 14.4 Å². The van der Waals surface area contributed by atoms with Crippen LogP contribution in [0.3, 0.4) is 0 Å². The minimum Gasteiger partial charge on any atom is -0.374 e. The van der Waals surface area contributed by atoms with Crippen LogP contribution >= 0.6 is 0 Å². The lowest BCUT2D eigenvalue weighted by Crippen LogP contribution is -2.61. The zero-order chi connectivity index (χ0) is 27.6. The zero-order valence-corrected chi connectivity index (χ0v) is 23.0. The number of ether oxygens (including phenoxy) is 1. The number of nitrogens with zero attached hydrogens (tertiary/aromatic N) is 2. The Hall–Kier alpha value is -3.23. The third-order valence-electron chi connectivity index (χ3n) is 8.35. The number of piperidine rings is 1. The average Bonchev–Trinajstić information content (AvgIpc) is 3.73. The molecule has 0 spiro atoms. The molecule has 8 heteroatoms. The van der Waals surface area contributed by atoms with E-state index in [1.165, 1.54) is 0 Å². The van der Waals surface area contributed by atoms with Gasteiger partial charge in [0.05, 0.1) is 24.2 Å². The fourth-order valence-electron chi connectivity index (χ4n) is 5.98. The SMILES string of the molecule is CC(C)(N)C(=O)NC(COCc1ccccc1)C(=O)N1CCC2CN(C3CC3)C(=O)C2(Cc2ccccc2)C1. The highest BCUT2D eigenvalue weighted by Gasteiger charge is 2.59. The molecule has 3 N–H and O–H groups in total. The molecule has 2 aromatic carbocycles. The van der Waals surface area contributed by atoms with Gasteiger partial charge in [0.2, 0.25) is 17.7 Å². The van der Waals surface area contributed by atoms with Gasteiger partial charge in [-0.25, -0.2) is 0 Å². The number of hydrogen-bond donors (Lipinski definition) is 2. The fraction of sp³-hybridized carbons (Fsp3) is 0.516. The number of carbonyl (C=O) groups is 3. The van der Waals surface area contributed by atoms with Crippen LogP contribution in [0.1, 0.15) is 44.2 Å². The molecule has 0 aromatic heterocycles. The fourth-order valence-corrected chi connectivity index (χ4v) is 5.98. The normalized spacial score (nSPS) is 23.9. The Morgan fingerprint density at radius 2 is 1.69 bits per heavy atom. The summed E-state index contributed by atoms with van der Waals surface area (Å²) in [5.74, 6) is -0.292. The van der Waals surface area contributed by atoms with E-state index in [9.17, 15) is 14.4 Å². The Labute approximate surface area is 230 Å². The Kier molecular flexibility index (Phi) is 7.78. The molecule has 5 rings (SSSR count). The number of amides is 3. The largest absolute Gasteiger partial charge is 0.374 e. The number of nitrogens with one attached hydrogen (secondary N) is 1. The van der Waals surface area contributed by atoms with Crippen LogP contribution in [-0.2, 0) is 32.1 Å². The van der Waals surface area contributed by atoms with Crippen molar-refractivity contribution in [1.82, 2.24) is 15.1 Å². The monoisotopic (exact) mass is 532 g/mol. The summed E-state index contributed by atoms with van der Waals surface area (Å²) in [6.45, 7) is 5.20. The first-order chi connectivity index (χ1) is 18.7. The summed E-state index contributed by atoms with van der Waals surface area (Å²) in [5, 5.41) is 2.83. The predicted octanol–water partition coefficient (Wildman–Crippen LogP) is 2.51. The van der Waals surface area contributed by atoms with Gasteiger partial charge in [-0.2, -0.15) is 0 Å². The van der Waals surface area contributed by atoms with Crippen molar-refractivity contribution in [2.75, 3.05) is 26.2 Å². The molecular weight excluding hydrogens is 492 g/mol. The molecule has 0 radical (unpaired) electrons. The summed E-state index contributed by atoms with van der Waals surface area (Å²) in [4.78, 5) is 44.7. The molecule has 2 aliphatic heterocycles. The highest BCUT2D eigenvalue weighted by Crippen LogP contribution is 2.48. The van der Waals surface area contributed by atoms with Gasteiger partial charge in [0.25, 0.3) is 0 Å². The second-order valence-corrected chi connectivity index (χ2v) is 12.0. The minimum absolute atomic E-state index is 0.0172. The minimum atomic E-state index is -1.15. The Morgan fingerprint density at radius 3 is 2.31 bits per heavy atom. The van der Waals surface area contributed by atoms with Gasteiger partial charge in [-0.05, 0) is 56.6 Å². The van der Waals surface area contributed by atoms with Crippen molar-refractivity contribution in [3.05, 3.63) is 71.8 Å². The van der Waals surface area contributed by atoms with Gasteiger partial charge in [0.1, 0.15) is 6.04 Å². The van der Waals surface area contributed by atoms with Crippen LogP contribution in [0.15, 0.2) is 60.7 Å². The second-order valence-electron chi connectivity index (χ2n) is 12.0. The Balaban J connectivity index is 1.36. The topological polar surface area (TPSA) is 105 Å². The molecule has 2 aromatic rings. The number of carbonyl (C=O) groups excluding carboxylic acids is 3. The van der Waals surface area contributed by atoms with Crippen molar-refractivity contribution in [2.45, 2.75) is 63.8 Å². The molecule has 8 nitrogen and oxygen atoms in total. The maximum atomic E-state index is 14.0. The van der Waals surface area contributed by atoms with E-state index in [1.807, 2.05) is 48.5 Å². The van der Waals surface area contributed by atoms with Gasteiger partial charge >= 0.3 is 0 Å². The lowest BCUT2D eigenvalue weighted by molar-refractivity contribution is -0.148. The van der Waals surface area contributed by atoms with E-state index >= 15 is 0 Å². The Morgan fingerprint density at radius 1 is 1.05 bits per heavy atom. The summed E-state index contributed by atoms with van der Waals surface area (Å²) in [5.41, 5.74) is 6.31. The number of hydrogen-bond acceptors (Lipinski definition) is 5. The zero-order valence-electron chi connectivity index (χ0n) is 23.0. The molecule has 1 saturated carbocycles. The van der Waals surface area contributed by atoms with Crippen molar-refractivity contribution in [3.63, 3.8) is 0 Å². The van der Waals surface area contributed by atoms with E-state index in [0.717, 1.165) is 36.9 Å². The van der Waals surface area contributed by atoms with Crippen molar-refractivity contribution in [2.24, 2.45) is 17.1 Å². The van der Waals surface area contributed by atoms with Gasteiger partial charge in [0, 0.05) is 25.7 Å². The third-order valence-corrected chi connectivity index (χ3v) is 8.35. The molecule has 3 aliphatic rings. The van der Waals surface area contributed by atoms with Gasteiger partial charge in [0.15, 0.2) is 0 Å². The van der Waals surface area contributed by atoms with Gasteiger partial charge in [-0.1, -0.05) is 60.7 Å². The van der Waals surface area contributed by atoms with Crippen molar-refractivity contribution >= 4 is 17.7 Å². The van der Waals surface area contributed by atoms with E-state index in [4.69, 9.17) is 10.5 Å². The van der Waals surface area contributed by atoms with E-state index in [2.05, 4.69) is 22.3 Å². The summed E-state index contributed by atoms with van der Waals surface area (Å²) < 4.78 is 5.91. The van der Waals surface area contributed by atoms with Gasteiger partial charge < -0.3 is 25.6 Å². The summed E-state index contributed by atoms with van der Waals surface area (Å²) in [7, 11) is 0. The predicted molar refractivity (Wildman–Crippen MR) is 148 cm³/mol. The molecule has 3 amide bonds. The first-order valence-corrected chi connectivity index (χ1v) is 14.0. The molecule has 2 heterocycles. The maximum absolute atomic E-state index is 14.0. The highest BCUT2D eigenvalue weighted by atomic mass is 16.5. The molecular formula is C31H40N4O4. The van der Waals surface area contributed by atoms with Crippen molar-refractivity contribution in [1.29, 1.82) is 0 Å². The molecule has 2 saturated heterocycles. The number of benzene rings is 2. The average molecular weight is 533 g/mol. The van der Waals surface area contributed by atoms with Crippen molar-refractivity contribution in [3.8, 4) is 0 Å². The number of nitrogens with two attached hydrogens (primary N) is 1. The van der Waals surface area contributed by atoms with E-state index in [0.29, 0.717) is 32.2 Å². The third kappa shape index (κ3) is 6.02. The van der Waals surface area contributed by atoms with E-state index in [1.54, 1.807) is 18.7 Å². The lowest BCUT2D eigenvalue weighted by Gasteiger charge is -2.44. The molecule has 3 unspecified atom stereocenters. The first-order valence-electron chi connectivity index (χ1n) is 14.0. The standard InChI is InChI=1S/C31H40N4O4/c1-30(2,32)28(37)33-26(20-39-19-23-11-7-4-8-12-23)27(36)34-16-15-24-18-35(25-13-14-25)29(38)31(24,21-34)17-22-9-5-3-6-10-22/h3-12,24-26H,13-21,32H2,1-2H3,(H,33,37). The maximum Gasteiger partial charge on any atom is 0.247 e. The van der Waals surface area contributed by atoms with Crippen LogP contribution in [0.2, 0.25) is 0 Å². The smallest absolute Gasteiger partial charge is 0.247 e. The second kappa shape index (κ2) is 11.1. The molecule has 0 bridgehead atoms. The van der Waals surface area contributed by atoms with E-state index < -0.39 is 22.9 Å². The molecule has 3 fully saturated rings. The molecule has 3 atom stereocenters. The highest BCUT2D eigenvalue weighted by molar-refractivity contribution is 5.92. The van der Waals surface area contributed by atoms with Crippen molar-refractivity contribution < 1.29 is 19.1 Å². The van der Waals surface area contributed by atoms with Gasteiger partial charge in [-0.15, -0.1) is 0 Å². The lowest BCUT2D eigenvalue weighted by atomic mass is 9.69. The summed E-state index contributed by atoms with van der Waals surface area (Å²) >= 11 is 0. The van der Waals surface area contributed by atoms with Crippen LogP contribution in [0.25, 0.3) is 0 Å². The van der Waals surface area contributed by atoms with Crippen LogP contribution in [0.4, 0.5) is 0 Å². The Bertz CT molecular complexity index is 1180. The van der Waals surface area contributed by atoms with Crippen LogP contribution in [0.5, 0.6) is 0 Å². The number of fused-ring (bicyclic) bond motifs is 1. The summed E-state index contributed by atoms with van der Waals surface area (Å²) in [6, 6.07) is 19.2. The quantitative estimate of drug-likeness (QED) is 0.489. The first kappa shape index (κ1) is 27.3. The molecule has 1 aliphatic carbocycles. The number of rotatable bonds is 10. The van der Waals surface area contributed by atoms with Crippen LogP contribution < -0.4 is 11.1 Å².